The van der Waals surface area contributed by atoms with E-state index < -0.39 is 261 Å². The van der Waals surface area contributed by atoms with Gasteiger partial charge in [-0.15, -0.1) is 0 Å². The number of amides is 14. The molecule has 104 heavy (non-hydrogen) atoms. The van der Waals surface area contributed by atoms with Crippen LogP contribution in [0.15, 0.2) is 30.5 Å². The number of hydrogen-bond donors (Lipinski definition) is 21. The summed E-state index contributed by atoms with van der Waals surface area (Å²) in [4.78, 5) is 239. The Bertz CT molecular complexity index is 3470. The number of fused-ring (bicyclic) bond motifs is 1. The SMILES string of the molecule is CC(C)[C@H](NC(=O)[C@H](CC(=O)O)NC(=O)[C@@H]1CCCN1C(=O)[C@@H](NC(=O)[C@@H](NC(=O)CNC(=O)[C@@H](NC(=O)CNC(=O)[C@H](CCC(=O)O)NC(=O)[C@H](Cc1c[nH]c2ccccc12)NC(=O)[C@H](CO)NC(=O)[C@H](CO)NC(=O)CNC(=O)[C@H](CC(=O)O)NC(=O)[C@H](C)N)C(C)C)C(C)C)C(C)C)C(=O)O. The van der Waals surface area contributed by atoms with Crippen molar-refractivity contribution in [2.75, 3.05) is 39.4 Å². The van der Waals surface area contributed by atoms with Crippen molar-refractivity contribution in [2.24, 2.45) is 29.4 Å². The molecule has 12 atom stereocenters. The number of aliphatic carboxylic acids is 4. The van der Waals surface area contributed by atoms with E-state index in [2.05, 4.69) is 74.1 Å². The van der Waals surface area contributed by atoms with Crippen LogP contribution in [0.4, 0.5) is 0 Å². The summed E-state index contributed by atoms with van der Waals surface area (Å²) in [5.41, 5.74) is 6.45. The highest BCUT2D eigenvalue weighted by molar-refractivity contribution is 6.01. The fraction of sp³-hybridized carbons (Fsp3) is 0.594. The van der Waals surface area contributed by atoms with Gasteiger partial charge in [0.05, 0.1) is 51.7 Å². The number of nitrogens with one attached hydrogen (secondary N) is 14. The standard InChI is InChI=1S/C64H96N16O24/c1-28(2)49(61(100)69-25-45(85)77-50(29(3)4)62(101)78-51(30(5)6)63(102)80-18-12-15-42(80)60(99)74-39(21-48(90)91)57(96)79-52(31(7)8)64(103)104)76-44(84)24-67-54(93)36(16-17-46(86)87)71-56(95)37(19-33-22-66-35-14-11-10-13-34(33)35)73-59(98)41(27-82)75-58(97)40(26-81)70-43(83)23-68-55(94)38(20-47(88)89)72-53(92)32(9)65/h10-11,13-14,22,28-32,36-42,49-52,66,81-82H,12,15-21,23-27,65H2,1-9H3,(H,67,93)(H,68,94)(H,69,100)(H,70,83)(H,71,95)(H,72,92)(H,73,98)(H,74,99)(H,75,97)(H,76,84)(H,77,85)(H,78,101)(H,79,96)(H,86,87)(H,88,89)(H,90,91)(H,103,104)/t32-,36-,37-,38-,39-,40-,41-,42-,49-,50-,51-,52-/m0/s1. The monoisotopic (exact) mass is 1470 g/mol. The summed E-state index contributed by atoms with van der Waals surface area (Å²) in [6, 6.07) is -11.8. The Morgan fingerprint density at radius 3 is 1.40 bits per heavy atom. The van der Waals surface area contributed by atoms with E-state index in [1.54, 1.807) is 52.0 Å². The maximum Gasteiger partial charge on any atom is 0.326 e. The van der Waals surface area contributed by atoms with Crippen molar-refractivity contribution >= 4 is 117 Å². The molecule has 2 aromatic rings. The van der Waals surface area contributed by atoms with Gasteiger partial charge in [-0.1, -0.05) is 73.6 Å². The van der Waals surface area contributed by atoms with Gasteiger partial charge < -0.3 is 115 Å². The summed E-state index contributed by atoms with van der Waals surface area (Å²) >= 11 is 0. The number of H-pyrrole nitrogens is 1. The van der Waals surface area contributed by atoms with E-state index in [-0.39, 0.29) is 25.8 Å². The number of rotatable bonds is 43. The topological polar surface area (TPSA) is 630 Å². The van der Waals surface area contributed by atoms with Crippen molar-refractivity contribution in [3.8, 4) is 0 Å². The minimum absolute atomic E-state index is 0.0118. The number of aliphatic hydroxyl groups excluding tert-OH is 2. The molecule has 1 aromatic carbocycles. The predicted molar refractivity (Wildman–Crippen MR) is 361 cm³/mol. The second-order valence-electron chi connectivity index (χ2n) is 26.0. The van der Waals surface area contributed by atoms with Crippen LogP contribution in [0, 0.1) is 23.7 Å². The quantitative estimate of drug-likeness (QED) is 0.0293. The lowest BCUT2D eigenvalue weighted by Gasteiger charge is -2.32. The second-order valence-corrected chi connectivity index (χ2v) is 26.0. The molecule has 2 heterocycles. The maximum absolute atomic E-state index is 14.3. The number of carbonyl (C=O) groups is 18. The summed E-state index contributed by atoms with van der Waals surface area (Å²) in [5.74, 6) is -22.8. The van der Waals surface area contributed by atoms with Gasteiger partial charge in [-0.05, 0) is 61.5 Å². The number of nitrogens with zero attached hydrogens (tertiary/aromatic N) is 1. The fourth-order valence-electron chi connectivity index (χ4n) is 10.4. The van der Waals surface area contributed by atoms with Crippen molar-refractivity contribution < 1.29 is 117 Å². The number of likely N-dealkylation sites (tertiary alicyclic amines) is 1. The minimum Gasteiger partial charge on any atom is -0.481 e. The van der Waals surface area contributed by atoms with E-state index in [4.69, 9.17) is 5.73 Å². The molecule has 0 spiro atoms. The maximum atomic E-state index is 14.3. The predicted octanol–water partition coefficient (Wildman–Crippen LogP) is -7.25. The highest BCUT2D eigenvalue weighted by Gasteiger charge is 2.42. The fourth-order valence-corrected chi connectivity index (χ4v) is 10.4. The molecule has 1 aliphatic rings. The summed E-state index contributed by atoms with van der Waals surface area (Å²) in [6.45, 7) is 8.74. The van der Waals surface area contributed by atoms with Gasteiger partial charge in [0.25, 0.3) is 0 Å². The molecule has 0 radical (unpaired) electrons. The first-order valence-corrected chi connectivity index (χ1v) is 33.3. The van der Waals surface area contributed by atoms with Crippen molar-refractivity contribution in [3.05, 3.63) is 36.0 Å². The number of carbonyl (C=O) groups excluding carboxylic acids is 14. The molecule has 1 aliphatic heterocycles. The molecular weight excluding hydrogens is 1380 g/mol. The largest absolute Gasteiger partial charge is 0.481 e. The van der Waals surface area contributed by atoms with E-state index >= 15 is 0 Å². The average molecular weight is 1470 g/mol. The number of para-hydroxylation sites is 1. The molecular formula is C64H96N16O24. The Kier molecular flexibility index (Phi) is 35.2. The molecule has 1 saturated heterocycles. The number of carboxylic acid groups (broad SMARTS) is 4. The Morgan fingerprint density at radius 1 is 0.471 bits per heavy atom. The Morgan fingerprint density at radius 2 is 0.904 bits per heavy atom. The number of nitrogens with two attached hydrogens (primary N) is 1. The lowest BCUT2D eigenvalue weighted by atomic mass is 9.99. The molecule has 1 aromatic heterocycles. The van der Waals surface area contributed by atoms with Crippen LogP contribution in [0.2, 0.25) is 0 Å². The van der Waals surface area contributed by atoms with E-state index in [0.717, 1.165) is 4.90 Å². The zero-order valence-electron chi connectivity index (χ0n) is 58.9. The molecule has 576 valence electrons. The van der Waals surface area contributed by atoms with E-state index in [9.17, 15) is 117 Å². The third-order valence-corrected chi connectivity index (χ3v) is 16.2. The van der Waals surface area contributed by atoms with Gasteiger partial charge in [0.15, 0.2) is 0 Å². The van der Waals surface area contributed by atoms with Crippen molar-refractivity contribution in [2.45, 2.75) is 180 Å². The van der Waals surface area contributed by atoms with E-state index in [1.807, 2.05) is 0 Å². The molecule has 3 rings (SSSR count). The first-order valence-electron chi connectivity index (χ1n) is 33.3. The Labute approximate surface area is 596 Å². The number of hydrogen-bond acceptors (Lipinski definition) is 21. The number of aromatic amines is 1. The third-order valence-electron chi connectivity index (χ3n) is 16.2. The van der Waals surface area contributed by atoms with Gasteiger partial charge in [-0.25, -0.2) is 4.79 Å². The highest BCUT2D eigenvalue weighted by atomic mass is 16.4. The highest BCUT2D eigenvalue weighted by Crippen LogP contribution is 2.23. The average Bonchev–Trinajstić information content (AvgIpc) is 1.63. The zero-order valence-corrected chi connectivity index (χ0v) is 58.9. The molecule has 0 unspecified atom stereocenters. The van der Waals surface area contributed by atoms with E-state index in [1.165, 1.54) is 40.8 Å². The van der Waals surface area contributed by atoms with Crippen LogP contribution in [-0.4, -0.2) is 259 Å². The van der Waals surface area contributed by atoms with Crippen LogP contribution in [0.5, 0.6) is 0 Å². The molecule has 40 nitrogen and oxygen atoms in total. The van der Waals surface area contributed by atoms with Gasteiger partial charge in [-0.2, -0.15) is 0 Å². The normalized spacial score (nSPS) is 15.8. The Hall–Kier alpha value is -10.9. The lowest BCUT2D eigenvalue weighted by Crippen LogP contribution is -2.60. The summed E-state index contributed by atoms with van der Waals surface area (Å²) in [7, 11) is 0. The lowest BCUT2D eigenvalue weighted by molar-refractivity contribution is -0.146. The summed E-state index contributed by atoms with van der Waals surface area (Å²) in [5, 5.41) is 88.7. The minimum atomic E-state index is -1.94. The molecule has 40 heteroatoms. The van der Waals surface area contributed by atoms with Gasteiger partial charge in [0, 0.05) is 36.5 Å². The summed E-state index contributed by atoms with van der Waals surface area (Å²) in [6.07, 6.45) is -1.72. The molecule has 22 N–H and O–H groups in total. The van der Waals surface area contributed by atoms with Gasteiger partial charge >= 0.3 is 23.9 Å². The first kappa shape index (κ1) is 87.3. The van der Waals surface area contributed by atoms with Crippen molar-refractivity contribution in [1.29, 1.82) is 0 Å². The van der Waals surface area contributed by atoms with Crippen LogP contribution < -0.4 is 74.9 Å². The second kappa shape index (κ2) is 41.9. The van der Waals surface area contributed by atoms with Gasteiger partial charge in [0.1, 0.15) is 66.5 Å². The van der Waals surface area contributed by atoms with Gasteiger partial charge in [-0.3, -0.25) is 81.5 Å². The summed E-state index contributed by atoms with van der Waals surface area (Å²) < 4.78 is 0. The smallest absolute Gasteiger partial charge is 0.326 e. The molecule has 14 amide bonds. The number of aromatic nitrogens is 1. The number of aliphatic hydroxyl groups is 2. The van der Waals surface area contributed by atoms with Crippen LogP contribution in [0.25, 0.3) is 10.9 Å². The third kappa shape index (κ3) is 27.8. The molecule has 0 aliphatic carbocycles. The molecule has 0 saturated carbocycles. The van der Waals surface area contributed by atoms with Crippen LogP contribution in [0.1, 0.15) is 106 Å². The Balaban J connectivity index is 1.72. The van der Waals surface area contributed by atoms with Crippen LogP contribution in [-0.2, 0) is 92.7 Å². The number of benzene rings is 1. The first-order chi connectivity index (χ1) is 48.7. The van der Waals surface area contributed by atoms with Crippen LogP contribution in [0.3, 0.4) is 0 Å². The molecule has 0 bridgehead atoms. The zero-order chi connectivity index (χ0) is 78.6. The van der Waals surface area contributed by atoms with Crippen LogP contribution >= 0.6 is 0 Å². The van der Waals surface area contributed by atoms with Crippen molar-refractivity contribution in [1.82, 2.24) is 79.0 Å². The van der Waals surface area contributed by atoms with Gasteiger partial charge in [0.2, 0.25) is 82.7 Å². The van der Waals surface area contributed by atoms with E-state index in [0.29, 0.717) is 16.5 Å². The number of carboxylic acids is 4. The molecule has 1 fully saturated rings. The van der Waals surface area contributed by atoms with Crippen molar-refractivity contribution in [3.63, 3.8) is 0 Å².